The van der Waals surface area contributed by atoms with Crippen molar-refractivity contribution in [2.45, 2.75) is 95.9 Å². The zero-order valence-corrected chi connectivity index (χ0v) is 21.7. The molecule has 0 spiro atoms. The van der Waals surface area contributed by atoms with E-state index in [4.69, 9.17) is 0 Å². The first kappa shape index (κ1) is 27.9. The Morgan fingerprint density at radius 3 is 1.45 bits per heavy atom. The molecular formula is C25H50N2O2. The van der Waals surface area contributed by atoms with Crippen LogP contribution in [-0.4, -0.2) is 36.9 Å². The Kier molecular flexibility index (Phi) is 9.47. The molecule has 0 aliphatic heterocycles. The van der Waals surface area contributed by atoms with Gasteiger partial charge in [0.1, 0.15) is 0 Å². The molecule has 0 radical (unpaired) electrons. The lowest BCUT2D eigenvalue weighted by molar-refractivity contribution is -0.139. The zero-order chi connectivity index (χ0) is 23.4. The Morgan fingerprint density at radius 1 is 0.724 bits per heavy atom. The SMILES string of the molecule is CN(CCNC(=O)C(CC(C)(C)C)C(C)(C)C)C(=O)C(CC(C)(C)C)C(C)(C)C. The summed E-state index contributed by atoms with van der Waals surface area (Å²) in [6.45, 7) is 26.9. The van der Waals surface area contributed by atoms with Crippen LogP contribution in [0.2, 0.25) is 0 Å². The first-order valence-electron chi connectivity index (χ1n) is 11.2. The molecule has 0 aromatic rings. The second-order valence-electron chi connectivity index (χ2n) is 13.4. The first-order valence-corrected chi connectivity index (χ1v) is 11.2. The second kappa shape index (κ2) is 9.83. The summed E-state index contributed by atoms with van der Waals surface area (Å²) < 4.78 is 0. The van der Waals surface area contributed by atoms with E-state index in [2.05, 4.69) is 88.4 Å². The van der Waals surface area contributed by atoms with Crippen molar-refractivity contribution in [2.24, 2.45) is 33.5 Å². The summed E-state index contributed by atoms with van der Waals surface area (Å²) in [6.07, 6.45) is 1.69. The molecule has 1 N–H and O–H groups in total. The molecular weight excluding hydrogens is 360 g/mol. The number of hydrogen-bond acceptors (Lipinski definition) is 2. The van der Waals surface area contributed by atoms with Crippen LogP contribution in [-0.2, 0) is 9.59 Å². The van der Waals surface area contributed by atoms with E-state index < -0.39 is 0 Å². The van der Waals surface area contributed by atoms with Crippen LogP contribution in [0.1, 0.15) is 95.9 Å². The first-order chi connectivity index (χ1) is 12.6. The second-order valence-corrected chi connectivity index (χ2v) is 13.4. The van der Waals surface area contributed by atoms with Crippen molar-refractivity contribution in [1.29, 1.82) is 0 Å². The zero-order valence-electron chi connectivity index (χ0n) is 21.7. The Hall–Kier alpha value is -1.06. The minimum absolute atomic E-state index is 0.0357. The molecule has 29 heavy (non-hydrogen) atoms. The Bertz CT molecular complexity index is 539. The number of nitrogens with zero attached hydrogens (tertiary/aromatic N) is 1. The molecule has 0 saturated carbocycles. The predicted octanol–water partition coefficient (Wildman–Crippen LogP) is 5.76. The third kappa shape index (κ3) is 11.1. The average Bonchev–Trinajstić information content (AvgIpc) is 2.45. The van der Waals surface area contributed by atoms with Gasteiger partial charge in [-0.2, -0.15) is 0 Å². The highest BCUT2D eigenvalue weighted by molar-refractivity contribution is 5.80. The van der Waals surface area contributed by atoms with Gasteiger partial charge in [-0.05, 0) is 34.5 Å². The van der Waals surface area contributed by atoms with Crippen LogP contribution in [0.3, 0.4) is 0 Å². The molecule has 0 saturated heterocycles. The number of rotatable bonds is 7. The van der Waals surface area contributed by atoms with Gasteiger partial charge in [0, 0.05) is 32.0 Å². The maximum atomic E-state index is 13.1. The largest absolute Gasteiger partial charge is 0.354 e. The minimum atomic E-state index is -0.0941. The Labute approximate surface area is 181 Å². The van der Waals surface area contributed by atoms with E-state index in [-0.39, 0.29) is 45.3 Å². The van der Waals surface area contributed by atoms with Crippen LogP contribution < -0.4 is 5.32 Å². The minimum Gasteiger partial charge on any atom is -0.354 e. The van der Waals surface area contributed by atoms with Gasteiger partial charge in [0.05, 0.1) is 0 Å². The number of carbonyl (C=O) groups is 2. The van der Waals surface area contributed by atoms with Crippen LogP contribution in [0, 0.1) is 33.5 Å². The molecule has 0 rings (SSSR count). The molecule has 4 nitrogen and oxygen atoms in total. The van der Waals surface area contributed by atoms with E-state index >= 15 is 0 Å². The van der Waals surface area contributed by atoms with Crippen molar-refractivity contribution >= 4 is 11.8 Å². The topological polar surface area (TPSA) is 49.4 Å². The quantitative estimate of drug-likeness (QED) is 0.580. The molecule has 0 bridgehead atoms. The number of hydrogen-bond donors (Lipinski definition) is 1. The Morgan fingerprint density at radius 2 is 1.10 bits per heavy atom. The van der Waals surface area contributed by atoms with Crippen LogP contribution in [0.5, 0.6) is 0 Å². The summed E-state index contributed by atoms with van der Waals surface area (Å²) in [6, 6.07) is 0. The van der Waals surface area contributed by atoms with Gasteiger partial charge < -0.3 is 10.2 Å². The summed E-state index contributed by atoms with van der Waals surface area (Å²) >= 11 is 0. The van der Waals surface area contributed by atoms with E-state index in [1.165, 1.54) is 0 Å². The van der Waals surface area contributed by atoms with Gasteiger partial charge in [0.15, 0.2) is 0 Å². The van der Waals surface area contributed by atoms with Crippen molar-refractivity contribution in [2.75, 3.05) is 20.1 Å². The van der Waals surface area contributed by atoms with Crippen LogP contribution in [0.4, 0.5) is 0 Å². The van der Waals surface area contributed by atoms with E-state index in [1.807, 2.05) is 7.05 Å². The maximum absolute atomic E-state index is 13.1. The van der Waals surface area contributed by atoms with Crippen LogP contribution >= 0.6 is 0 Å². The average molecular weight is 411 g/mol. The van der Waals surface area contributed by atoms with Gasteiger partial charge in [-0.1, -0.05) is 83.1 Å². The predicted molar refractivity (Wildman–Crippen MR) is 125 cm³/mol. The third-order valence-electron chi connectivity index (χ3n) is 5.46. The fourth-order valence-electron chi connectivity index (χ4n) is 3.63. The number of amides is 2. The standard InChI is InChI=1S/C25H50N2O2/c1-22(2,3)16-18(24(7,8)9)20(28)26-14-15-27(13)21(29)19(25(10,11)12)17-23(4,5)6/h18-19H,14-17H2,1-13H3,(H,26,28). The van der Waals surface area contributed by atoms with Crippen LogP contribution in [0.15, 0.2) is 0 Å². The molecule has 2 unspecified atom stereocenters. The highest BCUT2D eigenvalue weighted by Gasteiger charge is 2.37. The molecule has 4 heteroatoms. The molecule has 0 aliphatic rings. The normalized spacial score (nSPS) is 15.6. The van der Waals surface area contributed by atoms with Crippen molar-refractivity contribution in [1.82, 2.24) is 10.2 Å². The molecule has 0 heterocycles. The van der Waals surface area contributed by atoms with E-state index in [0.717, 1.165) is 12.8 Å². The van der Waals surface area contributed by atoms with E-state index in [0.29, 0.717) is 13.1 Å². The molecule has 0 aliphatic carbocycles. The molecule has 2 amide bonds. The van der Waals surface area contributed by atoms with E-state index in [1.54, 1.807) is 4.90 Å². The number of carbonyl (C=O) groups excluding carboxylic acids is 2. The van der Waals surface area contributed by atoms with Crippen molar-refractivity contribution < 1.29 is 9.59 Å². The monoisotopic (exact) mass is 410 g/mol. The summed E-state index contributed by atoms with van der Waals surface area (Å²) in [5.41, 5.74) is -0.000484. The fraction of sp³-hybridized carbons (Fsp3) is 0.920. The molecule has 0 aromatic heterocycles. The lowest BCUT2D eigenvalue weighted by Crippen LogP contribution is -2.46. The van der Waals surface area contributed by atoms with Gasteiger partial charge in [-0.25, -0.2) is 0 Å². The fourth-order valence-corrected chi connectivity index (χ4v) is 3.63. The van der Waals surface area contributed by atoms with Gasteiger partial charge in [-0.3, -0.25) is 9.59 Å². The van der Waals surface area contributed by atoms with Gasteiger partial charge in [0.25, 0.3) is 0 Å². The number of nitrogens with one attached hydrogen (secondary N) is 1. The van der Waals surface area contributed by atoms with Gasteiger partial charge >= 0.3 is 0 Å². The summed E-state index contributed by atoms with van der Waals surface area (Å²) in [4.78, 5) is 27.8. The summed E-state index contributed by atoms with van der Waals surface area (Å²) in [5, 5.41) is 3.09. The highest BCUT2D eigenvalue weighted by Crippen LogP contribution is 2.37. The smallest absolute Gasteiger partial charge is 0.226 e. The van der Waals surface area contributed by atoms with Gasteiger partial charge in [-0.15, -0.1) is 0 Å². The highest BCUT2D eigenvalue weighted by atomic mass is 16.2. The third-order valence-corrected chi connectivity index (χ3v) is 5.46. The Balaban J connectivity index is 5.00. The van der Waals surface area contributed by atoms with E-state index in [9.17, 15) is 9.59 Å². The number of likely N-dealkylation sites (N-methyl/N-ethyl adjacent to an activating group) is 1. The molecule has 2 atom stereocenters. The maximum Gasteiger partial charge on any atom is 0.226 e. The molecule has 0 fully saturated rings. The van der Waals surface area contributed by atoms with Crippen molar-refractivity contribution in [3.05, 3.63) is 0 Å². The van der Waals surface area contributed by atoms with Crippen molar-refractivity contribution in [3.8, 4) is 0 Å². The molecule has 0 aromatic carbocycles. The lowest BCUT2D eigenvalue weighted by Gasteiger charge is -2.37. The lowest BCUT2D eigenvalue weighted by atomic mass is 9.71. The summed E-state index contributed by atoms with van der Waals surface area (Å²) in [7, 11) is 1.85. The summed E-state index contributed by atoms with van der Waals surface area (Å²) in [5.74, 6) is 0.178. The molecule has 172 valence electrons. The van der Waals surface area contributed by atoms with Gasteiger partial charge in [0.2, 0.25) is 11.8 Å². The van der Waals surface area contributed by atoms with Crippen LogP contribution in [0.25, 0.3) is 0 Å². The van der Waals surface area contributed by atoms with Crippen molar-refractivity contribution in [3.63, 3.8) is 0 Å².